The minimum absolute atomic E-state index is 0.0382. The van der Waals surface area contributed by atoms with Crippen LogP contribution in [0.15, 0.2) is 67.1 Å². The van der Waals surface area contributed by atoms with E-state index in [9.17, 15) is 17.6 Å². The molecular formula is C30H27FN8O3S. The molecule has 4 heterocycles. The maximum atomic E-state index is 14.6. The second kappa shape index (κ2) is 11.0. The zero-order valence-corrected chi connectivity index (χ0v) is 24.3. The van der Waals surface area contributed by atoms with Crippen LogP contribution in [0.5, 0.6) is 0 Å². The first-order valence-corrected chi connectivity index (χ1v) is 15.3. The number of fused-ring (bicyclic) bond motifs is 2. The van der Waals surface area contributed by atoms with E-state index >= 15 is 0 Å². The number of imidazole rings is 1. The Balaban J connectivity index is 1.38. The Kier molecular flexibility index (Phi) is 7.20. The van der Waals surface area contributed by atoms with Crippen LogP contribution in [0.3, 0.4) is 0 Å². The molecule has 0 aliphatic heterocycles. The van der Waals surface area contributed by atoms with Crippen molar-refractivity contribution < 1.29 is 17.6 Å². The van der Waals surface area contributed by atoms with E-state index in [-0.39, 0.29) is 18.4 Å². The lowest BCUT2D eigenvalue weighted by molar-refractivity contribution is -0.118. The van der Waals surface area contributed by atoms with Gasteiger partial charge in [0.2, 0.25) is 15.9 Å². The van der Waals surface area contributed by atoms with Crippen LogP contribution < -0.4 is 10.0 Å². The van der Waals surface area contributed by atoms with Crippen LogP contribution in [0.2, 0.25) is 0 Å². The van der Waals surface area contributed by atoms with Crippen LogP contribution in [0.4, 0.5) is 10.1 Å². The summed E-state index contributed by atoms with van der Waals surface area (Å²) in [5.41, 5.74) is 6.23. The minimum Gasteiger partial charge on any atom is -0.337 e. The number of hydrogen-bond acceptors (Lipinski definition) is 7. The fraction of sp³-hybridized carbons (Fsp3) is 0.167. The number of nitrogens with zero attached hydrogens (tertiary/aromatic N) is 4. The maximum Gasteiger partial charge on any atom is 0.226 e. The van der Waals surface area contributed by atoms with Gasteiger partial charge in [-0.1, -0.05) is 26.0 Å². The molecule has 0 saturated heterocycles. The first kappa shape index (κ1) is 28.1. The van der Waals surface area contributed by atoms with E-state index in [4.69, 9.17) is 4.98 Å². The fourth-order valence-corrected chi connectivity index (χ4v) is 5.12. The van der Waals surface area contributed by atoms with Crippen molar-refractivity contribution >= 4 is 43.6 Å². The summed E-state index contributed by atoms with van der Waals surface area (Å²) >= 11 is 0. The number of aromatic nitrogens is 6. The highest BCUT2D eigenvalue weighted by atomic mass is 32.2. The van der Waals surface area contributed by atoms with Gasteiger partial charge < -0.3 is 10.3 Å². The Hall–Kier alpha value is -5.01. The van der Waals surface area contributed by atoms with E-state index in [2.05, 4.69) is 35.2 Å². The second-order valence-electron chi connectivity index (χ2n) is 10.5. The number of aromatic amines is 2. The SMILES string of the molecule is CC(C)C(=O)Nc1cncc(-c2cc3c(-c4nc5c(-c6cc(F)cc(CNS(C)(=O)=O)c6)cccc5[nH]4)n[nH]c3cn2)c1. The van der Waals surface area contributed by atoms with Crippen molar-refractivity contribution in [3.05, 3.63) is 78.5 Å². The van der Waals surface area contributed by atoms with Crippen LogP contribution in [-0.4, -0.2) is 50.7 Å². The first-order valence-electron chi connectivity index (χ1n) is 13.4. The number of rotatable bonds is 8. The second-order valence-corrected chi connectivity index (χ2v) is 12.4. The maximum absolute atomic E-state index is 14.6. The van der Waals surface area contributed by atoms with E-state index in [1.54, 1.807) is 24.7 Å². The van der Waals surface area contributed by atoms with Crippen molar-refractivity contribution in [1.29, 1.82) is 0 Å². The molecule has 13 heteroatoms. The summed E-state index contributed by atoms with van der Waals surface area (Å²) in [4.78, 5) is 29.1. The lowest BCUT2D eigenvalue weighted by atomic mass is 10.0. The van der Waals surface area contributed by atoms with Gasteiger partial charge in [-0.15, -0.1) is 0 Å². The number of para-hydroxylation sites is 1. The molecule has 0 unspecified atom stereocenters. The number of pyridine rings is 2. The highest BCUT2D eigenvalue weighted by molar-refractivity contribution is 7.88. The van der Waals surface area contributed by atoms with Gasteiger partial charge in [0, 0.05) is 35.2 Å². The summed E-state index contributed by atoms with van der Waals surface area (Å²) in [6.07, 6.45) is 5.98. The molecule has 0 saturated carbocycles. The molecule has 218 valence electrons. The van der Waals surface area contributed by atoms with Crippen LogP contribution in [0, 0.1) is 11.7 Å². The van der Waals surface area contributed by atoms with E-state index in [0.29, 0.717) is 50.6 Å². The molecule has 0 radical (unpaired) electrons. The average molecular weight is 599 g/mol. The molecule has 0 atom stereocenters. The third-order valence-corrected chi connectivity index (χ3v) is 7.49. The molecule has 0 fully saturated rings. The molecule has 0 aliphatic carbocycles. The summed E-state index contributed by atoms with van der Waals surface area (Å²) in [5, 5.41) is 11.1. The molecule has 0 bridgehead atoms. The van der Waals surface area contributed by atoms with Crippen molar-refractivity contribution in [3.63, 3.8) is 0 Å². The zero-order valence-electron chi connectivity index (χ0n) is 23.4. The standard InChI is InChI=1S/C30H27FN8O3S/c1-16(2)30(40)35-21-10-19(13-32-14-21)25-11-23-26(15-33-25)38-39-28(23)29-36-24-6-4-5-22(27(24)37-29)18-7-17(8-20(31)9-18)12-34-43(3,41)42/h4-11,13-16,34H,12H2,1-3H3,(H,35,40)(H,36,37)(H,38,39). The fourth-order valence-electron chi connectivity index (χ4n) is 4.69. The summed E-state index contributed by atoms with van der Waals surface area (Å²) in [5.74, 6) is -0.270. The highest BCUT2D eigenvalue weighted by Crippen LogP contribution is 2.33. The van der Waals surface area contributed by atoms with Crippen LogP contribution in [0.1, 0.15) is 19.4 Å². The first-order chi connectivity index (χ1) is 20.5. The van der Waals surface area contributed by atoms with Crippen molar-refractivity contribution in [3.8, 4) is 33.9 Å². The number of carbonyl (C=O) groups is 1. The Labute approximate surface area is 246 Å². The van der Waals surface area contributed by atoms with Gasteiger partial charge >= 0.3 is 0 Å². The number of anilines is 1. The molecular weight excluding hydrogens is 571 g/mol. The van der Waals surface area contributed by atoms with Gasteiger partial charge in [0.15, 0.2) is 5.82 Å². The number of halogens is 1. The summed E-state index contributed by atoms with van der Waals surface area (Å²) in [6, 6.07) is 13.6. The predicted molar refractivity (Wildman–Crippen MR) is 163 cm³/mol. The molecule has 0 aliphatic rings. The summed E-state index contributed by atoms with van der Waals surface area (Å²) in [6.45, 7) is 3.60. The van der Waals surface area contributed by atoms with Gasteiger partial charge in [0.25, 0.3) is 0 Å². The molecule has 43 heavy (non-hydrogen) atoms. The van der Waals surface area contributed by atoms with Gasteiger partial charge in [-0.2, -0.15) is 5.10 Å². The largest absolute Gasteiger partial charge is 0.337 e. The van der Waals surface area contributed by atoms with E-state index in [1.165, 1.54) is 12.1 Å². The number of amides is 1. The topological polar surface area (TPSA) is 158 Å². The number of sulfonamides is 1. The molecule has 0 spiro atoms. The van der Waals surface area contributed by atoms with E-state index < -0.39 is 15.8 Å². The van der Waals surface area contributed by atoms with E-state index in [0.717, 1.165) is 22.7 Å². The summed E-state index contributed by atoms with van der Waals surface area (Å²) < 4.78 is 40.1. The molecule has 1 amide bonds. The number of H-pyrrole nitrogens is 2. The average Bonchev–Trinajstić information content (AvgIpc) is 3.59. The lowest BCUT2D eigenvalue weighted by Gasteiger charge is -2.08. The van der Waals surface area contributed by atoms with Crippen LogP contribution >= 0.6 is 0 Å². The molecule has 11 nitrogen and oxygen atoms in total. The minimum atomic E-state index is -3.44. The van der Waals surface area contributed by atoms with Crippen molar-refractivity contribution in [2.24, 2.45) is 5.92 Å². The third-order valence-electron chi connectivity index (χ3n) is 6.82. The number of hydrogen-bond donors (Lipinski definition) is 4. The van der Waals surface area contributed by atoms with Crippen molar-refractivity contribution in [1.82, 2.24) is 34.9 Å². The Morgan fingerprint density at radius 3 is 2.65 bits per heavy atom. The normalized spacial score (nSPS) is 11.9. The molecule has 2 aromatic carbocycles. The van der Waals surface area contributed by atoms with Crippen molar-refractivity contribution in [2.45, 2.75) is 20.4 Å². The number of benzene rings is 2. The highest BCUT2D eigenvalue weighted by Gasteiger charge is 2.17. The van der Waals surface area contributed by atoms with Gasteiger partial charge in [-0.3, -0.25) is 19.9 Å². The number of carbonyl (C=O) groups excluding carboxylic acids is 1. The van der Waals surface area contributed by atoms with E-state index in [1.807, 2.05) is 44.2 Å². The van der Waals surface area contributed by atoms with Crippen molar-refractivity contribution in [2.75, 3.05) is 11.6 Å². The Bertz CT molecular complexity index is 2120. The van der Waals surface area contributed by atoms with Gasteiger partial charge in [-0.05, 0) is 47.5 Å². The Morgan fingerprint density at radius 2 is 1.86 bits per heavy atom. The lowest BCUT2D eigenvalue weighted by Crippen LogP contribution is -2.21. The Morgan fingerprint density at radius 1 is 1.02 bits per heavy atom. The molecule has 6 rings (SSSR count). The monoisotopic (exact) mass is 598 g/mol. The van der Waals surface area contributed by atoms with Gasteiger partial charge in [-0.25, -0.2) is 22.5 Å². The van der Waals surface area contributed by atoms with Crippen LogP contribution in [0.25, 0.3) is 55.8 Å². The smallest absolute Gasteiger partial charge is 0.226 e. The van der Waals surface area contributed by atoms with Gasteiger partial charge in [0.1, 0.15) is 11.5 Å². The quantitative estimate of drug-likeness (QED) is 0.192. The molecule has 4 N–H and O–H groups in total. The molecule has 6 aromatic rings. The summed E-state index contributed by atoms with van der Waals surface area (Å²) in [7, 11) is -3.44. The third kappa shape index (κ3) is 5.98. The van der Waals surface area contributed by atoms with Gasteiger partial charge in [0.05, 0.1) is 46.6 Å². The number of nitrogens with one attached hydrogen (secondary N) is 4. The predicted octanol–water partition coefficient (Wildman–Crippen LogP) is 5.01. The molecule has 4 aromatic heterocycles. The van der Waals surface area contributed by atoms with Crippen LogP contribution in [-0.2, 0) is 21.4 Å². The zero-order chi connectivity index (χ0) is 30.3.